The van der Waals surface area contributed by atoms with Crippen LogP contribution in [0.1, 0.15) is 17.5 Å². The number of alkyl halides is 1. The molecule has 0 amide bonds. The van der Waals surface area contributed by atoms with Crippen molar-refractivity contribution < 1.29 is 19.1 Å². The van der Waals surface area contributed by atoms with Crippen LogP contribution in [0.3, 0.4) is 0 Å². The zero-order chi connectivity index (χ0) is 17.2. The van der Waals surface area contributed by atoms with Crippen LogP contribution in [0.4, 0.5) is 0 Å². The minimum absolute atomic E-state index is 0.00823. The average molecular weight is 391 g/mol. The quantitative estimate of drug-likeness (QED) is 0.506. The van der Waals surface area contributed by atoms with Gasteiger partial charge in [0.05, 0.1) is 12.3 Å². The number of carbonyl (C=O) groups is 2. The molecule has 0 radical (unpaired) electrons. The van der Waals surface area contributed by atoms with Crippen molar-refractivity contribution >= 4 is 27.9 Å². The average Bonchev–Trinajstić information content (AvgIpc) is 2.64. The van der Waals surface area contributed by atoms with Crippen molar-refractivity contribution in [3.63, 3.8) is 0 Å². The van der Waals surface area contributed by atoms with E-state index in [9.17, 15) is 9.59 Å². The number of hydrogen-bond donors (Lipinski definition) is 0. The summed E-state index contributed by atoms with van der Waals surface area (Å²) in [5.74, 6) is -1.38. The molecule has 0 aliphatic heterocycles. The van der Waals surface area contributed by atoms with E-state index in [0.717, 1.165) is 11.1 Å². The molecule has 0 heterocycles. The molecule has 0 N–H and O–H groups in total. The first-order valence-electron chi connectivity index (χ1n) is 7.65. The number of hydrogen-bond acceptors (Lipinski definition) is 4. The fourth-order valence-corrected chi connectivity index (χ4v) is 2.54. The molecule has 0 aromatic heterocycles. The Bertz CT molecular complexity index is 643. The van der Waals surface area contributed by atoms with Crippen molar-refractivity contribution in [3.05, 3.63) is 71.8 Å². The van der Waals surface area contributed by atoms with Crippen LogP contribution in [0.2, 0.25) is 0 Å². The van der Waals surface area contributed by atoms with Crippen molar-refractivity contribution in [2.75, 3.05) is 5.33 Å². The van der Waals surface area contributed by atoms with E-state index in [2.05, 4.69) is 15.9 Å². The number of rotatable bonds is 8. The maximum atomic E-state index is 12.1. The Morgan fingerprint density at radius 3 is 1.83 bits per heavy atom. The molecule has 126 valence electrons. The van der Waals surface area contributed by atoms with Gasteiger partial charge in [-0.25, -0.2) is 0 Å². The van der Waals surface area contributed by atoms with Crippen molar-refractivity contribution in [3.8, 4) is 0 Å². The van der Waals surface area contributed by atoms with Gasteiger partial charge in [-0.3, -0.25) is 9.59 Å². The van der Waals surface area contributed by atoms with E-state index in [1.54, 1.807) is 0 Å². The number of benzene rings is 2. The van der Waals surface area contributed by atoms with Gasteiger partial charge in [-0.2, -0.15) is 0 Å². The van der Waals surface area contributed by atoms with Crippen molar-refractivity contribution in [2.24, 2.45) is 5.92 Å². The second-order valence-electron chi connectivity index (χ2n) is 5.29. The molecule has 0 bridgehead atoms. The number of halogens is 1. The highest BCUT2D eigenvalue weighted by Crippen LogP contribution is 2.13. The lowest BCUT2D eigenvalue weighted by Crippen LogP contribution is -2.23. The molecule has 0 unspecified atom stereocenters. The second kappa shape index (κ2) is 9.88. The summed E-state index contributed by atoms with van der Waals surface area (Å²) in [7, 11) is 0. The number of ether oxygens (including phenoxy) is 2. The maximum absolute atomic E-state index is 12.1. The zero-order valence-electron chi connectivity index (χ0n) is 13.2. The predicted octanol–water partition coefficient (Wildman–Crippen LogP) is 3.87. The minimum Gasteiger partial charge on any atom is -0.461 e. The number of esters is 2. The van der Waals surface area contributed by atoms with Crippen LogP contribution in [0.5, 0.6) is 0 Å². The smallest absolute Gasteiger partial charge is 0.310 e. The predicted molar refractivity (Wildman–Crippen MR) is 94.4 cm³/mol. The topological polar surface area (TPSA) is 52.6 Å². The Morgan fingerprint density at radius 1 is 0.833 bits per heavy atom. The highest BCUT2D eigenvalue weighted by atomic mass is 79.9. The van der Waals surface area contributed by atoms with Gasteiger partial charge < -0.3 is 9.47 Å². The molecule has 0 saturated heterocycles. The van der Waals surface area contributed by atoms with Gasteiger partial charge in [0.15, 0.2) is 0 Å². The van der Waals surface area contributed by atoms with E-state index >= 15 is 0 Å². The summed E-state index contributed by atoms with van der Waals surface area (Å²) in [6.07, 6.45) is -0.00823. The molecule has 0 spiro atoms. The van der Waals surface area contributed by atoms with E-state index < -0.39 is 17.9 Å². The van der Waals surface area contributed by atoms with Crippen molar-refractivity contribution in [1.29, 1.82) is 0 Å². The summed E-state index contributed by atoms with van der Waals surface area (Å²) < 4.78 is 10.5. The van der Waals surface area contributed by atoms with Gasteiger partial charge in [0, 0.05) is 5.33 Å². The zero-order valence-corrected chi connectivity index (χ0v) is 14.8. The molecule has 1 atom stereocenters. The molecule has 2 aromatic carbocycles. The summed E-state index contributed by atoms with van der Waals surface area (Å²) >= 11 is 3.26. The van der Waals surface area contributed by atoms with Crippen LogP contribution in [-0.2, 0) is 32.3 Å². The Labute approximate surface area is 149 Å². The van der Waals surface area contributed by atoms with E-state index in [1.807, 2.05) is 60.7 Å². The van der Waals surface area contributed by atoms with Crippen LogP contribution in [0.25, 0.3) is 0 Å². The normalized spacial score (nSPS) is 11.5. The van der Waals surface area contributed by atoms with Crippen LogP contribution in [0.15, 0.2) is 60.7 Å². The lowest BCUT2D eigenvalue weighted by Gasteiger charge is -2.13. The lowest BCUT2D eigenvalue weighted by atomic mass is 10.1. The standard InChI is InChI=1S/C19H19BrO4/c20-12-17(19(22)24-14-16-9-5-2-6-10-16)11-18(21)23-13-15-7-3-1-4-8-15/h1-10,17H,11-14H2/t17-/m1/s1. The van der Waals surface area contributed by atoms with E-state index in [1.165, 1.54) is 0 Å². The van der Waals surface area contributed by atoms with Crippen LogP contribution in [0, 0.1) is 5.92 Å². The minimum atomic E-state index is -0.558. The Kier molecular flexibility index (Phi) is 7.49. The van der Waals surface area contributed by atoms with Gasteiger partial charge in [-0.1, -0.05) is 76.6 Å². The van der Waals surface area contributed by atoms with Crippen LogP contribution < -0.4 is 0 Å². The third-order valence-electron chi connectivity index (χ3n) is 3.40. The first-order chi connectivity index (χ1) is 11.7. The molecule has 0 saturated carbocycles. The van der Waals surface area contributed by atoms with E-state index in [-0.39, 0.29) is 19.6 Å². The van der Waals surface area contributed by atoms with Crippen LogP contribution in [-0.4, -0.2) is 17.3 Å². The highest BCUT2D eigenvalue weighted by molar-refractivity contribution is 9.09. The summed E-state index contributed by atoms with van der Waals surface area (Å²) in [5.41, 5.74) is 1.82. The monoisotopic (exact) mass is 390 g/mol. The van der Waals surface area contributed by atoms with Crippen molar-refractivity contribution in [1.82, 2.24) is 0 Å². The fraction of sp³-hybridized carbons (Fsp3) is 0.263. The molecule has 0 aliphatic carbocycles. The van der Waals surface area contributed by atoms with E-state index in [4.69, 9.17) is 9.47 Å². The summed E-state index contributed by atoms with van der Waals surface area (Å²) in [4.78, 5) is 24.0. The first kappa shape index (κ1) is 18.2. The molecule has 2 aromatic rings. The summed E-state index contributed by atoms with van der Waals surface area (Å²) in [6.45, 7) is 0.399. The van der Waals surface area contributed by atoms with Crippen molar-refractivity contribution in [2.45, 2.75) is 19.6 Å². The SMILES string of the molecule is O=C(C[C@H](CBr)C(=O)OCc1ccccc1)OCc1ccccc1. The molecule has 2 rings (SSSR count). The molecule has 24 heavy (non-hydrogen) atoms. The Morgan fingerprint density at radius 2 is 1.33 bits per heavy atom. The van der Waals surface area contributed by atoms with Gasteiger partial charge in [0.1, 0.15) is 13.2 Å². The second-order valence-corrected chi connectivity index (χ2v) is 5.94. The fourth-order valence-electron chi connectivity index (χ4n) is 2.05. The van der Waals surface area contributed by atoms with Crippen LogP contribution >= 0.6 is 15.9 Å². The summed E-state index contributed by atoms with van der Waals surface area (Å²) in [6, 6.07) is 18.8. The van der Waals surface area contributed by atoms with Gasteiger partial charge in [-0.15, -0.1) is 0 Å². The van der Waals surface area contributed by atoms with Gasteiger partial charge >= 0.3 is 11.9 Å². The van der Waals surface area contributed by atoms with Gasteiger partial charge in [0.25, 0.3) is 0 Å². The largest absolute Gasteiger partial charge is 0.461 e. The lowest BCUT2D eigenvalue weighted by molar-refractivity contribution is -0.155. The molecule has 0 fully saturated rings. The molecular weight excluding hydrogens is 372 g/mol. The van der Waals surface area contributed by atoms with Gasteiger partial charge in [-0.05, 0) is 11.1 Å². The van der Waals surface area contributed by atoms with Gasteiger partial charge in [0.2, 0.25) is 0 Å². The Balaban J connectivity index is 1.77. The number of carbonyl (C=O) groups excluding carboxylic acids is 2. The Hall–Kier alpha value is -2.14. The highest BCUT2D eigenvalue weighted by Gasteiger charge is 2.23. The van der Waals surface area contributed by atoms with E-state index in [0.29, 0.717) is 5.33 Å². The molecular formula is C19H19BrO4. The molecule has 4 nitrogen and oxygen atoms in total. The first-order valence-corrected chi connectivity index (χ1v) is 8.77. The molecule has 0 aliphatic rings. The third kappa shape index (κ3) is 6.16. The summed E-state index contributed by atoms with van der Waals surface area (Å²) in [5, 5.41) is 0.348. The maximum Gasteiger partial charge on any atom is 0.310 e. The molecule has 5 heteroatoms. The third-order valence-corrected chi connectivity index (χ3v) is 4.18.